The molecule has 2 heterocycles. The molecule has 1 aliphatic heterocycles. The summed E-state index contributed by atoms with van der Waals surface area (Å²) in [6.45, 7) is 2.22. The molecule has 0 amide bonds. The number of aromatic nitrogens is 1. The highest BCUT2D eigenvalue weighted by atomic mass is 32.1. The van der Waals surface area contributed by atoms with Gasteiger partial charge in [0.25, 0.3) is 0 Å². The summed E-state index contributed by atoms with van der Waals surface area (Å²) >= 11 is 1.63. The lowest BCUT2D eigenvalue weighted by Crippen LogP contribution is -2.20. The fourth-order valence-electron chi connectivity index (χ4n) is 3.90. The molecule has 4 rings (SSSR count). The standard InChI is InChI=1S/C17H20N2O3S/c1-21-13-6-12(16(20)22-2)7-14-15(13)18-17(23-14)19-8-10-4-3-5-11(10)9-19/h6-7,10-11H,3-5,8-9H2,1-2H3/t10-,11?/m0/s1. The van der Waals surface area contributed by atoms with E-state index in [-0.39, 0.29) is 5.97 Å². The van der Waals surface area contributed by atoms with E-state index in [1.54, 1.807) is 24.5 Å². The Labute approximate surface area is 139 Å². The highest BCUT2D eigenvalue weighted by Gasteiger charge is 2.37. The number of thiazole rings is 1. The molecule has 1 aliphatic carbocycles. The van der Waals surface area contributed by atoms with Gasteiger partial charge in [0.05, 0.1) is 24.5 Å². The van der Waals surface area contributed by atoms with Crippen LogP contribution >= 0.6 is 11.3 Å². The summed E-state index contributed by atoms with van der Waals surface area (Å²) in [4.78, 5) is 19.0. The predicted molar refractivity (Wildman–Crippen MR) is 90.6 cm³/mol. The minimum atomic E-state index is -0.351. The van der Waals surface area contributed by atoms with Gasteiger partial charge in [-0.3, -0.25) is 0 Å². The molecular formula is C17H20N2O3S. The Balaban J connectivity index is 1.71. The van der Waals surface area contributed by atoms with E-state index in [0.717, 1.165) is 40.3 Å². The average Bonchev–Trinajstić information content (AvgIpc) is 3.25. The molecule has 1 aromatic carbocycles. The van der Waals surface area contributed by atoms with Crippen LogP contribution in [0.4, 0.5) is 5.13 Å². The fraction of sp³-hybridized carbons (Fsp3) is 0.529. The van der Waals surface area contributed by atoms with Crippen LogP contribution in [-0.4, -0.2) is 38.3 Å². The van der Waals surface area contributed by atoms with Crippen molar-refractivity contribution < 1.29 is 14.3 Å². The Kier molecular flexibility index (Phi) is 3.64. The first-order chi connectivity index (χ1) is 11.2. The van der Waals surface area contributed by atoms with Crippen molar-refractivity contribution in [3.8, 4) is 5.75 Å². The van der Waals surface area contributed by atoms with Gasteiger partial charge in [0.2, 0.25) is 0 Å². The second-order valence-electron chi connectivity index (χ2n) is 6.37. The molecule has 2 aromatic rings. The number of hydrogen-bond donors (Lipinski definition) is 0. The van der Waals surface area contributed by atoms with Crippen molar-refractivity contribution in [2.75, 3.05) is 32.2 Å². The van der Waals surface area contributed by atoms with Gasteiger partial charge >= 0.3 is 5.97 Å². The number of hydrogen-bond acceptors (Lipinski definition) is 6. The van der Waals surface area contributed by atoms with Crippen LogP contribution in [-0.2, 0) is 4.74 Å². The van der Waals surface area contributed by atoms with Gasteiger partial charge in [0.15, 0.2) is 5.13 Å². The number of benzene rings is 1. The third-order valence-electron chi connectivity index (χ3n) is 5.09. The van der Waals surface area contributed by atoms with Crippen LogP contribution in [0.15, 0.2) is 12.1 Å². The summed E-state index contributed by atoms with van der Waals surface area (Å²) in [5.41, 5.74) is 1.34. The summed E-state index contributed by atoms with van der Waals surface area (Å²) in [6, 6.07) is 3.55. The molecule has 122 valence electrons. The van der Waals surface area contributed by atoms with Crippen LogP contribution in [0.2, 0.25) is 0 Å². The van der Waals surface area contributed by atoms with Crippen LogP contribution in [0.1, 0.15) is 29.6 Å². The Morgan fingerprint density at radius 3 is 2.65 bits per heavy atom. The SMILES string of the molecule is COC(=O)c1cc(OC)c2nc(N3CC4CCC[C@H]4C3)sc2c1. The van der Waals surface area contributed by atoms with Crippen molar-refractivity contribution in [1.82, 2.24) is 4.98 Å². The maximum absolute atomic E-state index is 11.8. The topological polar surface area (TPSA) is 51.7 Å². The monoisotopic (exact) mass is 332 g/mol. The van der Waals surface area contributed by atoms with Crippen LogP contribution in [0, 0.1) is 11.8 Å². The fourth-order valence-corrected chi connectivity index (χ4v) is 4.95. The number of carbonyl (C=O) groups is 1. The van der Waals surface area contributed by atoms with E-state index in [1.807, 2.05) is 6.07 Å². The zero-order valence-corrected chi connectivity index (χ0v) is 14.2. The van der Waals surface area contributed by atoms with E-state index < -0.39 is 0 Å². The van der Waals surface area contributed by atoms with Gasteiger partial charge in [-0.15, -0.1) is 0 Å². The second kappa shape index (κ2) is 5.67. The number of fused-ring (bicyclic) bond motifs is 2. The molecule has 0 bridgehead atoms. The number of rotatable bonds is 3. The van der Waals surface area contributed by atoms with E-state index in [9.17, 15) is 4.79 Å². The van der Waals surface area contributed by atoms with Gasteiger partial charge in [-0.1, -0.05) is 17.8 Å². The lowest BCUT2D eigenvalue weighted by atomic mass is 10.0. The Hall–Kier alpha value is -1.82. The van der Waals surface area contributed by atoms with E-state index >= 15 is 0 Å². The highest BCUT2D eigenvalue weighted by Crippen LogP contribution is 2.42. The molecule has 2 atom stereocenters. The van der Waals surface area contributed by atoms with Crippen molar-refractivity contribution in [2.45, 2.75) is 19.3 Å². The minimum Gasteiger partial charge on any atom is -0.494 e. The number of nitrogens with zero attached hydrogens (tertiary/aromatic N) is 2. The van der Waals surface area contributed by atoms with E-state index in [2.05, 4.69) is 4.90 Å². The number of esters is 1. The first kappa shape index (κ1) is 14.8. The van der Waals surface area contributed by atoms with Gasteiger partial charge in [0, 0.05) is 13.1 Å². The second-order valence-corrected chi connectivity index (χ2v) is 7.38. The van der Waals surface area contributed by atoms with E-state index in [0.29, 0.717) is 11.3 Å². The molecule has 5 nitrogen and oxygen atoms in total. The molecule has 0 radical (unpaired) electrons. The van der Waals surface area contributed by atoms with Gasteiger partial charge in [-0.25, -0.2) is 9.78 Å². The molecule has 1 aromatic heterocycles. The van der Waals surface area contributed by atoms with Gasteiger partial charge in [-0.05, 0) is 36.8 Å². The highest BCUT2D eigenvalue weighted by molar-refractivity contribution is 7.22. The zero-order valence-electron chi connectivity index (χ0n) is 13.4. The quantitative estimate of drug-likeness (QED) is 0.807. The van der Waals surface area contributed by atoms with Crippen LogP contribution < -0.4 is 9.64 Å². The maximum atomic E-state index is 11.8. The number of ether oxygens (including phenoxy) is 2. The average molecular weight is 332 g/mol. The lowest BCUT2D eigenvalue weighted by Gasteiger charge is -2.15. The number of anilines is 1. The Morgan fingerprint density at radius 1 is 1.26 bits per heavy atom. The van der Waals surface area contributed by atoms with E-state index in [1.165, 1.54) is 26.4 Å². The predicted octanol–water partition coefficient (Wildman–Crippen LogP) is 3.33. The van der Waals surface area contributed by atoms with Gasteiger partial charge < -0.3 is 14.4 Å². The van der Waals surface area contributed by atoms with E-state index in [4.69, 9.17) is 14.5 Å². The lowest BCUT2D eigenvalue weighted by molar-refractivity contribution is 0.0600. The Morgan fingerprint density at radius 2 is 2.00 bits per heavy atom. The summed E-state index contributed by atoms with van der Waals surface area (Å²) in [5, 5.41) is 1.04. The van der Waals surface area contributed by atoms with Gasteiger partial charge in [-0.2, -0.15) is 0 Å². The summed E-state index contributed by atoms with van der Waals surface area (Å²) < 4.78 is 11.2. The van der Waals surface area contributed by atoms with Gasteiger partial charge in [0.1, 0.15) is 11.3 Å². The van der Waals surface area contributed by atoms with Crippen molar-refractivity contribution >= 4 is 32.7 Å². The number of methoxy groups -OCH3 is 2. The molecule has 1 unspecified atom stereocenters. The third kappa shape index (κ3) is 2.45. The molecule has 0 spiro atoms. The largest absolute Gasteiger partial charge is 0.494 e. The van der Waals surface area contributed by atoms with Crippen molar-refractivity contribution in [3.63, 3.8) is 0 Å². The smallest absolute Gasteiger partial charge is 0.338 e. The molecule has 0 N–H and O–H groups in total. The first-order valence-electron chi connectivity index (χ1n) is 8.01. The molecule has 6 heteroatoms. The first-order valence-corrected chi connectivity index (χ1v) is 8.83. The number of carbonyl (C=O) groups excluding carboxylic acids is 1. The summed E-state index contributed by atoms with van der Waals surface area (Å²) in [6.07, 6.45) is 4.07. The van der Waals surface area contributed by atoms with Crippen molar-refractivity contribution in [3.05, 3.63) is 17.7 Å². The molecule has 23 heavy (non-hydrogen) atoms. The molecule has 1 saturated heterocycles. The molecule has 1 saturated carbocycles. The minimum absolute atomic E-state index is 0.351. The van der Waals surface area contributed by atoms with Crippen LogP contribution in [0.25, 0.3) is 10.2 Å². The summed E-state index contributed by atoms with van der Waals surface area (Å²) in [5.74, 6) is 1.93. The maximum Gasteiger partial charge on any atom is 0.338 e. The normalized spacial score (nSPS) is 23.3. The van der Waals surface area contributed by atoms with Crippen LogP contribution in [0.5, 0.6) is 5.75 Å². The van der Waals surface area contributed by atoms with Crippen molar-refractivity contribution in [2.24, 2.45) is 11.8 Å². The van der Waals surface area contributed by atoms with Crippen molar-refractivity contribution in [1.29, 1.82) is 0 Å². The third-order valence-corrected chi connectivity index (χ3v) is 6.15. The molecule has 2 aliphatic rings. The molecular weight excluding hydrogens is 312 g/mol. The Bertz CT molecular complexity index is 746. The van der Waals surface area contributed by atoms with Crippen LogP contribution in [0.3, 0.4) is 0 Å². The molecule has 2 fully saturated rings. The zero-order chi connectivity index (χ0) is 16.0. The summed E-state index contributed by atoms with van der Waals surface area (Å²) in [7, 11) is 3.00.